The van der Waals surface area contributed by atoms with Crippen LogP contribution in [0.5, 0.6) is 0 Å². The Morgan fingerprint density at radius 1 is 0.389 bits per heavy atom. The lowest BCUT2D eigenvalue weighted by molar-refractivity contribution is -0.143. The van der Waals surface area contributed by atoms with E-state index >= 15 is 0 Å². The van der Waals surface area contributed by atoms with Gasteiger partial charge in [-0.3, -0.25) is 9.59 Å². The van der Waals surface area contributed by atoms with Gasteiger partial charge in [0.15, 0.2) is 0 Å². The van der Waals surface area contributed by atoms with Crippen LogP contribution in [0.25, 0.3) is 0 Å². The summed E-state index contributed by atoms with van der Waals surface area (Å²) in [5.74, 6) is -0.112. The SMILES string of the molecule is CCCCCCCC/C=C\CCCCCCCCCCCC(=O)OCCCCC/C=C\C=C/CCCCCCCCC(=O)NC(CO)C(O)/C=C/CCCCCCCCCCCCCCCCCCCCC. The van der Waals surface area contributed by atoms with Crippen LogP contribution in [0.15, 0.2) is 48.6 Å². The van der Waals surface area contributed by atoms with Crippen LogP contribution in [-0.4, -0.2) is 47.4 Å². The molecule has 1 amide bonds. The molecule has 2 unspecified atom stereocenters. The molecule has 0 aliphatic carbocycles. The molecule has 0 aromatic carbocycles. The van der Waals surface area contributed by atoms with Crippen LogP contribution in [0.3, 0.4) is 0 Å². The number of aliphatic hydroxyl groups excluding tert-OH is 2. The third kappa shape index (κ3) is 57.1. The average Bonchev–Trinajstić information content (AvgIpc) is 3.38. The first kappa shape index (κ1) is 69.8. The zero-order valence-corrected chi connectivity index (χ0v) is 48.2. The number of unbranched alkanes of at least 4 members (excludes halogenated alkanes) is 43. The van der Waals surface area contributed by atoms with E-state index in [2.05, 4.69) is 55.6 Å². The highest BCUT2D eigenvalue weighted by Crippen LogP contribution is 2.17. The number of ether oxygens (including phenoxy) is 1. The van der Waals surface area contributed by atoms with Crippen LogP contribution < -0.4 is 5.32 Å². The Morgan fingerprint density at radius 3 is 1.07 bits per heavy atom. The standard InChI is InChI=1S/C66H123NO5/c1-3-5-7-9-11-13-15-17-19-21-23-24-26-27-30-34-38-42-46-50-54-58-64(69)63(62-68)67-65(70)59-55-51-47-43-39-35-31-29-33-37-41-45-49-53-57-61-72-66(71)60-56-52-48-44-40-36-32-28-25-22-20-18-16-14-12-10-8-6-4-2/h18,20,29,33,37,41,54,58,63-64,68-69H,3-17,19,21-28,30-32,34-36,38-40,42-53,55-57,59-62H2,1-2H3,(H,67,70)/b20-18-,33-29-,41-37-,58-54+. The summed E-state index contributed by atoms with van der Waals surface area (Å²) in [7, 11) is 0. The average molecular weight is 1010 g/mol. The fourth-order valence-corrected chi connectivity index (χ4v) is 9.68. The van der Waals surface area contributed by atoms with Gasteiger partial charge in [-0.05, 0) is 89.9 Å². The quantitative estimate of drug-likeness (QED) is 0.0244. The molecule has 0 radical (unpaired) electrons. The monoisotopic (exact) mass is 1010 g/mol. The van der Waals surface area contributed by atoms with Crippen LogP contribution in [-0.2, 0) is 14.3 Å². The highest BCUT2D eigenvalue weighted by Gasteiger charge is 2.18. The second kappa shape index (κ2) is 61.4. The lowest BCUT2D eigenvalue weighted by Gasteiger charge is -2.20. The number of carbonyl (C=O) groups is 2. The van der Waals surface area contributed by atoms with E-state index in [0.29, 0.717) is 19.4 Å². The van der Waals surface area contributed by atoms with Gasteiger partial charge in [0, 0.05) is 12.8 Å². The maximum absolute atomic E-state index is 12.5. The number of rotatable bonds is 59. The number of carbonyl (C=O) groups excluding carboxylic acids is 2. The molecule has 3 N–H and O–H groups in total. The van der Waals surface area contributed by atoms with Crippen molar-refractivity contribution in [2.24, 2.45) is 0 Å². The first-order chi connectivity index (χ1) is 35.5. The lowest BCUT2D eigenvalue weighted by atomic mass is 10.0. The van der Waals surface area contributed by atoms with Gasteiger partial charge in [0.05, 0.1) is 25.4 Å². The largest absolute Gasteiger partial charge is 0.466 e. The predicted octanol–water partition coefficient (Wildman–Crippen LogP) is 20.1. The third-order valence-corrected chi connectivity index (χ3v) is 14.6. The molecule has 422 valence electrons. The molecule has 0 aromatic heterocycles. The van der Waals surface area contributed by atoms with Crippen molar-refractivity contribution in [2.45, 2.75) is 347 Å². The summed E-state index contributed by atoms with van der Waals surface area (Å²) in [5.41, 5.74) is 0. The van der Waals surface area contributed by atoms with Gasteiger partial charge in [-0.2, -0.15) is 0 Å². The van der Waals surface area contributed by atoms with Gasteiger partial charge in [0.25, 0.3) is 0 Å². The van der Waals surface area contributed by atoms with Gasteiger partial charge < -0.3 is 20.3 Å². The second-order valence-electron chi connectivity index (χ2n) is 21.8. The van der Waals surface area contributed by atoms with Gasteiger partial charge in [-0.1, -0.05) is 281 Å². The molecule has 0 heterocycles. The van der Waals surface area contributed by atoms with Crippen LogP contribution in [0.1, 0.15) is 335 Å². The summed E-state index contributed by atoms with van der Waals surface area (Å²) in [4.78, 5) is 24.6. The van der Waals surface area contributed by atoms with E-state index in [4.69, 9.17) is 4.74 Å². The fraction of sp³-hybridized carbons (Fsp3) is 0.848. The van der Waals surface area contributed by atoms with E-state index in [1.807, 2.05) is 6.08 Å². The van der Waals surface area contributed by atoms with E-state index in [-0.39, 0.29) is 18.5 Å². The second-order valence-corrected chi connectivity index (χ2v) is 21.8. The van der Waals surface area contributed by atoms with E-state index in [9.17, 15) is 19.8 Å². The maximum atomic E-state index is 12.5. The minimum Gasteiger partial charge on any atom is -0.466 e. The van der Waals surface area contributed by atoms with E-state index in [1.165, 1.54) is 231 Å². The zero-order valence-electron chi connectivity index (χ0n) is 48.2. The zero-order chi connectivity index (χ0) is 52.2. The van der Waals surface area contributed by atoms with Crippen LogP contribution >= 0.6 is 0 Å². The van der Waals surface area contributed by atoms with Gasteiger partial charge in [-0.15, -0.1) is 0 Å². The van der Waals surface area contributed by atoms with E-state index < -0.39 is 12.1 Å². The number of hydrogen-bond donors (Lipinski definition) is 3. The molecule has 0 spiro atoms. The summed E-state index contributed by atoms with van der Waals surface area (Å²) in [6.07, 6.45) is 78.7. The molecule has 0 bridgehead atoms. The van der Waals surface area contributed by atoms with Crippen molar-refractivity contribution in [3.63, 3.8) is 0 Å². The summed E-state index contributed by atoms with van der Waals surface area (Å²) < 4.78 is 5.47. The molecule has 6 heteroatoms. The molecule has 0 rings (SSSR count). The van der Waals surface area contributed by atoms with Gasteiger partial charge in [-0.25, -0.2) is 0 Å². The minimum absolute atomic E-state index is 0.0231. The highest BCUT2D eigenvalue weighted by molar-refractivity contribution is 5.76. The number of hydrogen-bond acceptors (Lipinski definition) is 5. The molecule has 0 fully saturated rings. The Labute approximate surface area is 448 Å². The number of amides is 1. The molecule has 72 heavy (non-hydrogen) atoms. The minimum atomic E-state index is -0.861. The van der Waals surface area contributed by atoms with Crippen molar-refractivity contribution in [1.29, 1.82) is 0 Å². The number of esters is 1. The lowest BCUT2D eigenvalue weighted by Crippen LogP contribution is -2.45. The summed E-state index contributed by atoms with van der Waals surface area (Å²) >= 11 is 0. The maximum Gasteiger partial charge on any atom is 0.305 e. The topological polar surface area (TPSA) is 95.9 Å². The van der Waals surface area contributed by atoms with E-state index in [0.717, 1.165) is 77.0 Å². The smallest absolute Gasteiger partial charge is 0.305 e. The van der Waals surface area contributed by atoms with Crippen molar-refractivity contribution in [3.05, 3.63) is 48.6 Å². The molecule has 0 aliphatic heterocycles. The van der Waals surface area contributed by atoms with Gasteiger partial charge in [0.1, 0.15) is 0 Å². The summed E-state index contributed by atoms with van der Waals surface area (Å²) in [6.45, 7) is 4.86. The van der Waals surface area contributed by atoms with Crippen molar-refractivity contribution < 1.29 is 24.5 Å². The van der Waals surface area contributed by atoms with Crippen molar-refractivity contribution in [3.8, 4) is 0 Å². The number of aliphatic hydroxyl groups is 2. The Hall–Kier alpha value is -2.18. The fourth-order valence-electron chi connectivity index (χ4n) is 9.68. The summed E-state index contributed by atoms with van der Waals surface area (Å²) in [6, 6.07) is -0.647. The van der Waals surface area contributed by atoms with Crippen molar-refractivity contribution >= 4 is 11.9 Å². The molecule has 0 saturated carbocycles. The van der Waals surface area contributed by atoms with Crippen molar-refractivity contribution in [2.75, 3.05) is 13.2 Å². The Morgan fingerprint density at radius 2 is 0.694 bits per heavy atom. The molecule has 0 aromatic rings. The van der Waals surface area contributed by atoms with Crippen LogP contribution in [0.4, 0.5) is 0 Å². The van der Waals surface area contributed by atoms with Crippen LogP contribution in [0.2, 0.25) is 0 Å². The van der Waals surface area contributed by atoms with Crippen LogP contribution in [0, 0.1) is 0 Å². The highest BCUT2D eigenvalue weighted by atomic mass is 16.5. The van der Waals surface area contributed by atoms with Gasteiger partial charge in [0.2, 0.25) is 5.91 Å². The third-order valence-electron chi connectivity index (χ3n) is 14.6. The van der Waals surface area contributed by atoms with E-state index in [1.54, 1.807) is 6.08 Å². The molecular weight excluding hydrogens is 887 g/mol. The first-order valence-electron chi connectivity index (χ1n) is 31.9. The van der Waals surface area contributed by atoms with Gasteiger partial charge >= 0.3 is 5.97 Å². The Kier molecular flexibility index (Phi) is 59.5. The molecular formula is C66H123NO5. The Balaban J connectivity index is 3.53. The molecule has 6 nitrogen and oxygen atoms in total. The molecule has 0 saturated heterocycles. The number of allylic oxidation sites excluding steroid dienone is 7. The van der Waals surface area contributed by atoms with Crippen molar-refractivity contribution in [1.82, 2.24) is 5.32 Å². The molecule has 0 aliphatic rings. The summed E-state index contributed by atoms with van der Waals surface area (Å²) in [5, 5.41) is 23.2. The predicted molar refractivity (Wildman–Crippen MR) is 315 cm³/mol. The molecule has 2 atom stereocenters. The number of nitrogens with one attached hydrogen (secondary N) is 1. The Bertz CT molecular complexity index is 1210. The first-order valence-corrected chi connectivity index (χ1v) is 31.9. The normalized spacial score (nSPS) is 12.9.